The first-order valence-electron chi connectivity index (χ1n) is 10.3. The predicted molar refractivity (Wildman–Crippen MR) is 115 cm³/mol. The van der Waals surface area contributed by atoms with E-state index in [2.05, 4.69) is 16.3 Å². The summed E-state index contributed by atoms with van der Waals surface area (Å²) in [7, 11) is 0. The van der Waals surface area contributed by atoms with Gasteiger partial charge in [0, 0.05) is 16.9 Å². The number of carbonyl (C=O) groups is 1. The molecule has 0 fully saturated rings. The number of nitrogens with zero attached hydrogens (tertiary/aromatic N) is 3. The van der Waals surface area contributed by atoms with Gasteiger partial charge in [0.2, 0.25) is 17.7 Å². The second kappa shape index (κ2) is 7.24. The highest BCUT2D eigenvalue weighted by atomic mass is 19.1. The number of para-hydroxylation sites is 1. The summed E-state index contributed by atoms with van der Waals surface area (Å²) < 4.78 is 19.5. The number of aromatic nitrogens is 2. The van der Waals surface area contributed by atoms with Gasteiger partial charge in [0.25, 0.3) is 0 Å². The molecular weight excluding hydrogens is 409 g/mol. The molecule has 2 aromatic carbocycles. The van der Waals surface area contributed by atoms with E-state index in [0.29, 0.717) is 28.8 Å². The topological polar surface area (TPSA) is 108 Å². The minimum absolute atomic E-state index is 0.0305. The van der Waals surface area contributed by atoms with Gasteiger partial charge in [-0.25, -0.2) is 4.39 Å². The van der Waals surface area contributed by atoms with E-state index >= 15 is 0 Å². The van der Waals surface area contributed by atoms with E-state index in [-0.39, 0.29) is 35.6 Å². The van der Waals surface area contributed by atoms with Crippen LogP contribution in [0.4, 0.5) is 10.1 Å². The van der Waals surface area contributed by atoms with Crippen molar-refractivity contribution in [2.75, 3.05) is 4.90 Å². The Morgan fingerprint density at radius 2 is 2.09 bits per heavy atom. The molecule has 3 N–H and O–H groups in total. The number of benzene rings is 2. The van der Waals surface area contributed by atoms with Crippen molar-refractivity contribution in [1.82, 2.24) is 10.2 Å². The number of anilines is 1. The summed E-state index contributed by atoms with van der Waals surface area (Å²) in [5.41, 5.74) is 7.83. The van der Waals surface area contributed by atoms with Crippen molar-refractivity contribution in [3.63, 3.8) is 0 Å². The second-order valence-corrected chi connectivity index (χ2v) is 7.87. The Bertz CT molecular complexity index is 1320. The number of hydrogen-bond donors (Lipinski definition) is 2. The van der Waals surface area contributed by atoms with Crippen molar-refractivity contribution in [2.24, 2.45) is 5.73 Å². The van der Waals surface area contributed by atoms with E-state index in [4.69, 9.17) is 10.5 Å². The van der Waals surface area contributed by atoms with Gasteiger partial charge in [-0.15, -0.1) is 5.10 Å². The Morgan fingerprint density at radius 1 is 1.28 bits per heavy atom. The molecule has 1 spiro atoms. The molecule has 0 saturated heterocycles. The summed E-state index contributed by atoms with van der Waals surface area (Å²) in [6.45, 7) is 2.16. The Hall–Kier alpha value is -4.12. The van der Waals surface area contributed by atoms with E-state index < -0.39 is 5.41 Å². The maximum absolute atomic E-state index is 14.3. The molecule has 8 heteroatoms. The maximum atomic E-state index is 14.3. The van der Waals surface area contributed by atoms with Gasteiger partial charge >= 0.3 is 0 Å². The fourth-order valence-corrected chi connectivity index (χ4v) is 4.77. The molecule has 2 aliphatic heterocycles. The Labute approximate surface area is 183 Å². The first-order valence-corrected chi connectivity index (χ1v) is 10.3. The second-order valence-electron chi connectivity index (χ2n) is 7.87. The number of carbonyl (C=O) groups excluding carboxylic acids is 1. The van der Waals surface area contributed by atoms with Gasteiger partial charge in [0.05, 0.1) is 12.1 Å². The average molecular weight is 429 g/mol. The monoisotopic (exact) mass is 429 g/mol. The Morgan fingerprint density at radius 3 is 2.84 bits per heavy atom. The molecule has 1 atom stereocenters. The molecule has 3 heterocycles. The fourth-order valence-electron chi connectivity index (χ4n) is 4.77. The number of nitrogens with two attached hydrogens (primary N) is 1. The number of halogens is 1. The molecule has 7 nitrogen and oxygen atoms in total. The van der Waals surface area contributed by atoms with Crippen molar-refractivity contribution in [3.05, 3.63) is 88.2 Å². The number of aromatic amines is 1. The smallest absolute Gasteiger partial charge is 0.248 e. The number of hydrogen-bond acceptors (Lipinski definition) is 5. The Balaban J connectivity index is 1.78. The molecule has 2 aliphatic rings. The van der Waals surface area contributed by atoms with E-state index in [1.54, 1.807) is 17.0 Å². The van der Waals surface area contributed by atoms with Crippen molar-refractivity contribution in [1.29, 1.82) is 5.26 Å². The van der Waals surface area contributed by atoms with E-state index in [0.717, 1.165) is 12.1 Å². The number of aryl methyl sites for hydroxylation is 1. The van der Waals surface area contributed by atoms with E-state index in [1.165, 1.54) is 12.1 Å². The largest absolute Gasteiger partial charge is 0.420 e. The highest BCUT2D eigenvalue weighted by Gasteiger charge is 2.60. The number of nitrogens with one attached hydrogen (secondary N) is 1. The zero-order valence-electron chi connectivity index (χ0n) is 17.4. The third-order valence-electron chi connectivity index (χ3n) is 6.02. The zero-order valence-corrected chi connectivity index (χ0v) is 17.4. The van der Waals surface area contributed by atoms with Gasteiger partial charge in [-0.3, -0.25) is 9.89 Å². The molecule has 0 saturated carbocycles. The van der Waals surface area contributed by atoms with Crippen LogP contribution in [0.15, 0.2) is 60.0 Å². The highest BCUT2D eigenvalue weighted by Crippen LogP contribution is 2.56. The van der Waals surface area contributed by atoms with Crippen LogP contribution < -0.4 is 15.4 Å². The van der Waals surface area contributed by atoms with Gasteiger partial charge in [0.15, 0.2) is 0 Å². The third kappa shape index (κ3) is 2.57. The summed E-state index contributed by atoms with van der Waals surface area (Å²) in [6.07, 6.45) is 1.42. The molecule has 0 bridgehead atoms. The van der Waals surface area contributed by atoms with Crippen LogP contribution in [0.5, 0.6) is 5.88 Å². The summed E-state index contributed by atoms with van der Waals surface area (Å²) >= 11 is 0. The lowest BCUT2D eigenvalue weighted by molar-refractivity contribution is -0.121. The van der Waals surface area contributed by atoms with Crippen LogP contribution >= 0.6 is 0 Å². The first-order chi connectivity index (χ1) is 15.5. The van der Waals surface area contributed by atoms with Crippen LogP contribution in [0.1, 0.15) is 35.7 Å². The SMILES string of the molecule is CCCc1[nH]nc2c1C1(C(=O)N(Cc3cccc(F)c3)c3ccccc31)C(C#N)=C(N)O2. The van der Waals surface area contributed by atoms with Gasteiger partial charge in [-0.2, -0.15) is 5.26 Å². The third-order valence-corrected chi connectivity index (χ3v) is 6.02. The standard InChI is InChI=1S/C24H20FN5O2/c1-2-6-18-20-22(29-28-18)32-21(27)17(12-26)24(20)16-9-3-4-10-19(16)30(23(24)31)13-14-7-5-8-15(25)11-14/h3-5,7-11H,2,6,13,27H2,1H3,(H,28,29). The van der Waals surface area contributed by atoms with Crippen molar-refractivity contribution in [3.8, 4) is 11.9 Å². The molecule has 3 aromatic rings. The molecule has 32 heavy (non-hydrogen) atoms. The van der Waals surface area contributed by atoms with Gasteiger partial charge in [-0.05, 0) is 30.2 Å². The Kier molecular flexibility index (Phi) is 4.48. The normalized spacial score (nSPS) is 19.0. The highest BCUT2D eigenvalue weighted by molar-refractivity contribution is 6.14. The molecule has 1 unspecified atom stereocenters. The maximum Gasteiger partial charge on any atom is 0.248 e. The summed E-state index contributed by atoms with van der Waals surface area (Å²) in [6, 6.07) is 15.5. The van der Waals surface area contributed by atoms with Crippen LogP contribution in [0, 0.1) is 17.1 Å². The number of H-pyrrole nitrogens is 1. The number of rotatable bonds is 4. The van der Waals surface area contributed by atoms with E-state index in [1.807, 2.05) is 31.2 Å². The molecule has 0 radical (unpaired) electrons. The molecule has 5 rings (SSSR count). The van der Waals surface area contributed by atoms with Crippen LogP contribution in [0.25, 0.3) is 0 Å². The number of fused-ring (bicyclic) bond motifs is 4. The van der Waals surface area contributed by atoms with Gasteiger partial charge in [0.1, 0.15) is 22.9 Å². The number of nitriles is 1. The summed E-state index contributed by atoms with van der Waals surface area (Å²) in [5.74, 6) is -0.677. The lowest BCUT2D eigenvalue weighted by Crippen LogP contribution is -2.46. The fraction of sp³-hybridized carbons (Fsp3) is 0.208. The minimum atomic E-state index is -1.48. The molecule has 160 valence electrons. The summed E-state index contributed by atoms with van der Waals surface area (Å²) in [4.78, 5) is 15.8. The quantitative estimate of drug-likeness (QED) is 0.661. The minimum Gasteiger partial charge on any atom is -0.420 e. The predicted octanol–water partition coefficient (Wildman–Crippen LogP) is 3.42. The molecule has 1 aromatic heterocycles. The van der Waals surface area contributed by atoms with Gasteiger partial charge < -0.3 is 15.4 Å². The first kappa shape index (κ1) is 19.8. The lowest BCUT2D eigenvalue weighted by atomic mass is 9.68. The van der Waals surface area contributed by atoms with Gasteiger partial charge in [-0.1, -0.05) is 43.7 Å². The van der Waals surface area contributed by atoms with E-state index in [9.17, 15) is 14.4 Å². The zero-order chi connectivity index (χ0) is 22.5. The van der Waals surface area contributed by atoms with Crippen LogP contribution in [-0.4, -0.2) is 16.1 Å². The van der Waals surface area contributed by atoms with Crippen LogP contribution in [0.2, 0.25) is 0 Å². The van der Waals surface area contributed by atoms with Crippen molar-refractivity contribution in [2.45, 2.75) is 31.7 Å². The molecular formula is C24H20FN5O2. The molecule has 1 amide bonds. The van der Waals surface area contributed by atoms with Crippen molar-refractivity contribution >= 4 is 11.6 Å². The van der Waals surface area contributed by atoms with Crippen molar-refractivity contribution < 1.29 is 13.9 Å². The lowest BCUT2D eigenvalue weighted by Gasteiger charge is -2.32. The summed E-state index contributed by atoms with van der Waals surface area (Å²) in [5, 5.41) is 17.3. The van der Waals surface area contributed by atoms with Crippen LogP contribution in [0.3, 0.4) is 0 Å². The van der Waals surface area contributed by atoms with Crippen LogP contribution in [-0.2, 0) is 23.2 Å². The average Bonchev–Trinajstić information content (AvgIpc) is 3.28. The number of ether oxygens (including phenoxy) is 1. The molecule has 0 aliphatic carbocycles. The number of amides is 1.